The fraction of sp³-hybridized carbons (Fsp3) is 0.438. The van der Waals surface area contributed by atoms with Crippen molar-refractivity contribution in [2.45, 2.75) is 34.1 Å². The third kappa shape index (κ3) is 3.76. The zero-order valence-corrected chi connectivity index (χ0v) is 12.5. The standard InChI is InChI=1S/C10H15NO2.C6H8O/c1-7(2)10(9(12)13)5-3-4-8(11)6-10;1-5-3-4-6(2)7-5/h3-5,7H,6,11H2,1-2H3,(H,12,13);3-4H,1-2H3. The number of carbonyl (C=O) groups is 1. The molecule has 20 heavy (non-hydrogen) atoms. The number of aryl methyl sites for hydroxylation is 2. The molecule has 0 aromatic carbocycles. The Kier molecular flexibility index (Phi) is 5.19. The van der Waals surface area contributed by atoms with Crippen LogP contribution in [-0.4, -0.2) is 11.1 Å². The molecule has 0 amide bonds. The summed E-state index contributed by atoms with van der Waals surface area (Å²) < 4.78 is 5.08. The minimum absolute atomic E-state index is 0.0495. The molecular weight excluding hydrogens is 254 g/mol. The first-order valence-corrected chi connectivity index (χ1v) is 6.68. The first-order valence-electron chi connectivity index (χ1n) is 6.68. The summed E-state index contributed by atoms with van der Waals surface area (Å²) in [5.41, 5.74) is 5.46. The van der Waals surface area contributed by atoms with E-state index in [1.54, 1.807) is 18.2 Å². The SMILES string of the molecule is CC(C)C1(C(=O)O)C=CC=C(N)C1.Cc1ccc(C)o1. The summed E-state index contributed by atoms with van der Waals surface area (Å²) in [5.74, 6) is 1.22. The molecule has 110 valence electrons. The van der Waals surface area contributed by atoms with E-state index < -0.39 is 11.4 Å². The summed E-state index contributed by atoms with van der Waals surface area (Å²) in [5, 5.41) is 9.14. The zero-order valence-electron chi connectivity index (χ0n) is 12.5. The van der Waals surface area contributed by atoms with Gasteiger partial charge in [-0.25, -0.2) is 0 Å². The zero-order chi connectivity index (χ0) is 15.3. The molecule has 0 bridgehead atoms. The van der Waals surface area contributed by atoms with Gasteiger partial charge < -0.3 is 15.3 Å². The topological polar surface area (TPSA) is 76.5 Å². The molecule has 0 radical (unpaired) electrons. The van der Waals surface area contributed by atoms with Crippen LogP contribution in [0.2, 0.25) is 0 Å². The van der Waals surface area contributed by atoms with Crippen molar-refractivity contribution in [2.24, 2.45) is 17.1 Å². The number of hydrogen-bond acceptors (Lipinski definition) is 3. The highest BCUT2D eigenvalue weighted by Crippen LogP contribution is 2.37. The van der Waals surface area contributed by atoms with E-state index in [0.29, 0.717) is 12.1 Å². The van der Waals surface area contributed by atoms with E-state index in [9.17, 15) is 4.79 Å². The Morgan fingerprint density at radius 2 is 1.90 bits per heavy atom. The lowest BCUT2D eigenvalue weighted by molar-refractivity contribution is -0.148. The van der Waals surface area contributed by atoms with Crippen molar-refractivity contribution in [1.82, 2.24) is 0 Å². The molecule has 1 aromatic rings. The fourth-order valence-corrected chi connectivity index (χ4v) is 2.15. The Balaban J connectivity index is 0.000000240. The number of aliphatic carboxylic acids is 1. The Hall–Kier alpha value is -1.97. The molecule has 4 nitrogen and oxygen atoms in total. The maximum atomic E-state index is 11.1. The molecule has 4 heteroatoms. The molecular formula is C16H23NO3. The van der Waals surface area contributed by atoms with Crippen molar-refractivity contribution in [1.29, 1.82) is 0 Å². The number of allylic oxidation sites excluding steroid dienone is 3. The van der Waals surface area contributed by atoms with Crippen LogP contribution in [0.3, 0.4) is 0 Å². The first kappa shape index (κ1) is 16.1. The lowest BCUT2D eigenvalue weighted by Gasteiger charge is -2.32. The van der Waals surface area contributed by atoms with Crippen molar-refractivity contribution >= 4 is 5.97 Å². The number of nitrogens with two attached hydrogens (primary N) is 1. The second-order valence-corrected chi connectivity index (χ2v) is 5.43. The predicted molar refractivity (Wildman–Crippen MR) is 79.1 cm³/mol. The van der Waals surface area contributed by atoms with Gasteiger partial charge in [-0.2, -0.15) is 0 Å². The van der Waals surface area contributed by atoms with Gasteiger partial charge in [0.1, 0.15) is 11.5 Å². The Bertz CT molecular complexity index is 509. The third-order valence-corrected chi connectivity index (χ3v) is 3.50. The van der Waals surface area contributed by atoms with E-state index >= 15 is 0 Å². The molecule has 2 rings (SSSR count). The van der Waals surface area contributed by atoms with Gasteiger partial charge in [0, 0.05) is 12.1 Å². The quantitative estimate of drug-likeness (QED) is 0.868. The van der Waals surface area contributed by atoms with E-state index in [-0.39, 0.29) is 5.92 Å². The van der Waals surface area contributed by atoms with Gasteiger partial charge >= 0.3 is 5.97 Å². The normalized spacial score (nSPS) is 21.1. The Morgan fingerprint density at radius 1 is 1.35 bits per heavy atom. The molecule has 0 aliphatic heterocycles. The molecule has 3 N–H and O–H groups in total. The molecule has 1 atom stereocenters. The lowest BCUT2D eigenvalue weighted by atomic mass is 9.72. The predicted octanol–water partition coefficient (Wildman–Crippen LogP) is 3.41. The smallest absolute Gasteiger partial charge is 0.314 e. The summed E-state index contributed by atoms with van der Waals surface area (Å²) in [6.45, 7) is 7.67. The van der Waals surface area contributed by atoms with Gasteiger partial charge in [-0.15, -0.1) is 0 Å². The minimum atomic E-state index is -0.807. The molecule has 1 aliphatic carbocycles. The fourth-order valence-electron chi connectivity index (χ4n) is 2.15. The molecule has 1 aliphatic rings. The maximum Gasteiger partial charge on any atom is 0.314 e. The van der Waals surface area contributed by atoms with Crippen molar-refractivity contribution in [3.63, 3.8) is 0 Å². The average Bonchev–Trinajstić information content (AvgIpc) is 2.73. The lowest BCUT2D eigenvalue weighted by Crippen LogP contribution is -2.36. The highest BCUT2D eigenvalue weighted by atomic mass is 16.4. The number of rotatable bonds is 2. The van der Waals surface area contributed by atoms with Crippen LogP contribution in [0.15, 0.2) is 40.5 Å². The van der Waals surface area contributed by atoms with Crippen LogP contribution in [0.4, 0.5) is 0 Å². The molecule has 0 saturated carbocycles. The van der Waals surface area contributed by atoms with Gasteiger partial charge in [-0.05, 0) is 38.0 Å². The third-order valence-electron chi connectivity index (χ3n) is 3.50. The number of furan rings is 1. The van der Waals surface area contributed by atoms with Crippen molar-refractivity contribution in [2.75, 3.05) is 0 Å². The Labute approximate surface area is 120 Å². The molecule has 0 fully saturated rings. The monoisotopic (exact) mass is 277 g/mol. The van der Waals surface area contributed by atoms with E-state index in [1.807, 2.05) is 39.8 Å². The van der Waals surface area contributed by atoms with E-state index in [4.69, 9.17) is 15.3 Å². The first-order chi connectivity index (χ1) is 9.28. The average molecular weight is 277 g/mol. The molecule has 1 unspecified atom stereocenters. The number of hydrogen-bond donors (Lipinski definition) is 2. The summed E-state index contributed by atoms with van der Waals surface area (Å²) in [4.78, 5) is 11.1. The van der Waals surface area contributed by atoms with Crippen molar-refractivity contribution in [3.05, 3.63) is 47.6 Å². The molecule has 1 heterocycles. The van der Waals surface area contributed by atoms with E-state index in [1.165, 1.54) is 0 Å². The second kappa shape index (κ2) is 6.46. The van der Waals surface area contributed by atoms with Crippen LogP contribution in [0, 0.1) is 25.2 Å². The Morgan fingerprint density at radius 3 is 2.15 bits per heavy atom. The van der Waals surface area contributed by atoms with Gasteiger partial charge in [0.25, 0.3) is 0 Å². The van der Waals surface area contributed by atoms with Crippen LogP contribution in [0.1, 0.15) is 31.8 Å². The van der Waals surface area contributed by atoms with Gasteiger partial charge in [-0.1, -0.05) is 26.0 Å². The molecule has 0 spiro atoms. The summed E-state index contributed by atoms with van der Waals surface area (Å²) in [6, 6.07) is 3.91. The molecule has 1 aromatic heterocycles. The van der Waals surface area contributed by atoms with Crippen LogP contribution >= 0.6 is 0 Å². The van der Waals surface area contributed by atoms with Crippen LogP contribution in [0.25, 0.3) is 0 Å². The molecule has 0 saturated heterocycles. The summed E-state index contributed by atoms with van der Waals surface area (Å²) in [7, 11) is 0. The largest absolute Gasteiger partial charge is 0.481 e. The summed E-state index contributed by atoms with van der Waals surface area (Å²) in [6.07, 6.45) is 5.63. The van der Waals surface area contributed by atoms with Gasteiger partial charge in [-0.3, -0.25) is 4.79 Å². The van der Waals surface area contributed by atoms with Crippen LogP contribution in [0.5, 0.6) is 0 Å². The van der Waals surface area contributed by atoms with Crippen molar-refractivity contribution < 1.29 is 14.3 Å². The van der Waals surface area contributed by atoms with Crippen LogP contribution in [-0.2, 0) is 4.79 Å². The van der Waals surface area contributed by atoms with Crippen LogP contribution < -0.4 is 5.73 Å². The van der Waals surface area contributed by atoms with E-state index in [2.05, 4.69) is 0 Å². The summed E-state index contributed by atoms with van der Waals surface area (Å²) >= 11 is 0. The highest BCUT2D eigenvalue weighted by Gasteiger charge is 2.40. The van der Waals surface area contributed by atoms with Gasteiger partial charge in [0.15, 0.2) is 0 Å². The number of carboxylic acid groups (broad SMARTS) is 1. The highest BCUT2D eigenvalue weighted by molar-refractivity contribution is 5.78. The van der Waals surface area contributed by atoms with E-state index in [0.717, 1.165) is 11.5 Å². The van der Waals surface area contributed by atoms with Gasteiger partial charge in [0.05, 0.1) is 5.41 Å². The minimum Gasteiger partial charge on any atom is -0.481 e. The van der Waals surface area contributed by atoms with Crippen molar-refractivity contribution in [3.8, 4) is 0 Å². The van der Waals surface area contributed by atoms with Gasteiger partial charge in [0.2, 0.25) is 0 Å². The second-order valence-electron chi connectivity index (χ2n) is 5.43. The maximum absolute atomic E-state index is 11.1. The number of carboxylic acids is 1.